The predicted molar refractivity (Wildman–Crippen MR) is 84.0 cm³/mol. The molecule has 2 saturated carbocycles. The maximum absolute atomic E-state index is 12.1. The molecule has 0 heterocycles. The minimum Gasteiger partial charge on any atom is -0.481 e. The topological polar surface area (TPSA) is 95.5 Å². The van der Waals surface area contributed by atoms with Crippen LogP contribution in [-0.2, 0) is 9.59 Å². The van der Waals surface area contributed by atoms with Gasteiger partial charge in [-0.3, -0.25) is 14.4 Å². The fourth-order valence-electron chi connectivity index (χ4n) is 2.83. The van der Waals surface area contributed by atoms with Gasteiger partial charge >= 0.3 is 5.97 Å². The normalized spacial score (nSPS) is 28.4. The molecule has 3 rings (SSSR count). The highest BCUT2D eigenvalue weighted by Gasteiger charge is 2.39. The number of carbonyl (C=O) groups is 3. The third kappa shape index (κ3) is 3.52. The second kappa shape index (κ2) is 6.02. The molecule has 0 radical (unpaired) electrons. The Morgan fingerprint density at radius 1 is 1.09 bits per heavy atom. The SMILES string of the molecule is CC1CC1C(=O)Nc1ccc(C(=O)NC2CC(C(=O)O)C2)cc1. The third-order valence-corrected chi connectivity index (χ3v) is 4.68. The maximum atomic E-state index is 12.1. The van der Waals surface area contributed by atoms with Gasteiger partial charge in [0.25, 0.3) is 5.91 Å². The van der Waals surface area contributed by atoms with Crippen molar-refractivity contribution >= 4 is 23.5 Å². The van der Waals surface area contributed by atoms with Crippen molar-refractivity contribution in [1.29, 1.82) is 0 Å². The average Bonchev–Trinajstić information content (AvgIpc) is 3.19. The number of carboxylic acid groups (broad SMARTS) is 1. The molecule has 0 bridgehead atoms. The molecule has 0 aliphatic heterocycles. The summed E-state index contributed by atoms with van der Waals surface area (Å²) < 4.78 is 0. The van der Waals surface area contributed by atoms with Gasteiger partial charge in [0.2, 0.25) is 5.91 Å². The molecule has 2 amide bonds. The number of anilines is 1. The highest BCUT2D eigenvalue weighted by Crippen LogP contribution is 2.38. The molecule has 0 spiro atoms. The van der Waals surface area contributed by atoms with Crippen molar-refractivity contribution < 1.29 is 19.5 Å². The van der Waals surface area contributed by atoms with Crippen molar-refractivity contribution in [2.24, 2.45) is 17.8 Å². The number of rotatable bonds is 5. The Kier molecular flexibility index (Phi) is 4.07. The summed E-state index contributed by atoms with van der Waals surface area (Å²) >= 11 is 0. The highest BCUT2D eigenvalue weighted by atomic mass is 16.4. The Morgan fingerprint density at radius 3 is 2.22 bits per heavy atom. The Hall–Kier alpha value is -2.37. The molecule has 2 atom stereocenters. The third-order valence-electron chi connectivity index (χ3n) is 4.68. The molecule has 1 aromatic carbocycles. The lowest BCUT2D eigenvalue weighted by Crippen LogP contribution is -2.46. The first-order valence-corrected chi connectivity index (χ1v) is 7.88. The molecule has 2 unspecified atom stereocenters. The van der Waals surface area contributed by atoms with E-state index in [4.69, 9.17) is 5.11 Å². The molecule has 0 aromatic heterocycles. The zero-order valence-corrected chi connectivity index (χ0v) is 12.9. The molecule has 2 aliphatic rings. The largest absolute Gasteiger partial charge is 0.481 e. The zero-order valence-electron chi connectivity index (χ0n) is 12.9. The van der Waals surface area contributed by atoms with Gasteiger partial charge in [0.15, 0.2) is 0 Å². The van der Waals surface area contributed by atoms with Crippen molar-refractivity contribution in [2.75, 3.05) is 5.32 Å². The number of benzene rings is 1. The quantitative estimate of drug-likeness (QED) is 0.773. The molecule has 122 valence electrons. The van der Waals surface area contributed by atoms with Crippen LogP contribution in [-0.4, -0.2) is 28.9 Å². The van der Waals surface area contributed by atoms with Gasteiger partial charge in [0, 0.05) is 23.2 Å². The summed E-state index contributed by atoms with van der Waals surface area (Å²) in [6.07, 6.45) is 1.90. The van der Waals surface area contributed by atoms with Crippen molar-refractivity contribution in [3.8, 4) is 0 Å². The number of nitrogens with one attached hydrogen (secondary N) is 2. The average molecular weight is 316 g/mol. The van der Waals surface area contributed by atoms with Gasteiger partial charge in [-0.25, -0.2) is 0 Å². The minimum absolute atomic E-state index is 0.0314. The standard InChI is InChI=1S/C17H20N2O4/c1-9-6-14(9)16(21)18-12-4-2-10(3-5-12)15(20)19-13-7-11(8-13)17(22)23/h2-5,9,11,13-14H,6-8H2,1H3,(H,18,21)(H,19,20)(H,22,23). The van der Waals surface area contributed by atoms with E-state index in [2.05, 4.69) is 10.6 Å². The highest BCUT2D eigenvalue weighted by molar-refractivity contribution is 5.97. The van der Waals surface area contributed by atoms with Crippen LogP contribution in [0.15, 0.2) is 24.3 Å². The van der Waals surface area contributed by atoms with Crippen LogP contribution >= 0.6 is 0 Å². The summed E-state index contributed by atoms with van der Waals surface area (Å²) in [5, 5.41) is 14.5. The van der Waals surface area contributed by atoms with E-state index in [1.165, 1.54) is 0 Å². The minimum atomic E-state index is -0.805. The van der Waals surface area contributed by atoms with E-state index in [0.29, 0.717) is 30.0 Å². The number of carbonyl (C=O) groups excluding carboxylic acids is 2. The van der Waals surface area contributed by atoms with E-state index in [-0.39, 0.29) is 29.7 Å². The molecule has 23 heavy (non-hydrogen) atoms. The van der Waals surface area contributed by atoms with Crippen LogP contribution in [0.1, 0.15) is 36.5 Å². The molecule has 6 nitrogen and oxygen atoms in total. The van der Waals surface area contributed by atoms with Crippen LogP contribution in [0.4, 0.5) is 5.69 Å². The first-order valence-electron chi connectivity index (χ1n) is 7.88. The lowest BCUT2D eigenvalue weighted by molar-refractivity contribution is -0.145. The van der Waals surface area contributed by atoms with Crippen molar-refractivity contribution in [2.45, 2.75) is 32.2 Å². The Bertz CT molecular complexity index is 634. The van der Waals surface area contributed by atoms with Crippen molar-refractivity contribution in [3.05, 3.63) is 29.8 Å². The van der Waals surface area contributed by atoms with Crippen molar-refractivity contribution in [3.63, 3.8) is 0 Å². The van der Waals surface area contributed by atoms with Crippen molar-refractivity contribution in [1.82, 2.24) is 5.32 Å². The van der Waals surface area contributed by atoms with E-state index in [0.717, 1.165) is 6.42 Å². The van der Waals surface area contributed by atoms with Crippen LogP contribution in [0, 0.1) is 17.8 Å². The molecule has 2 fully saturated rings. The van der Waals surface area contributed by atoms with E-state index in [1.54, 1.807) is 24.3 Å². The summed E-state index contributed by atoms with van der Waals surface area (Å²) in [6, 6.07) is 6.67. The van der Waals surface area contributed by atoms with Gasteiger partial charge < -0.3 is 15.7 Å². The lowest BCUT2D eigenvalue weighted by Gasteiger charge is -2.32. The van der Waals surface area contributed by atoms with Gasteiger partial charge in [0.1, 0.15) is 0 Å². The molecule has 2 aliphatic carbocycles. The zero-order chi connectivity index (χ0) is 16.6. The second-order valence-corrected chi connectivity index (χ2v) is 6.56. The molecule has 3 N–H and O–H groups in total. The predicted octanol–water partition coefficient (Wildman–Crippen LogP) is 1.87. The first-order chi connectivity index (χ1) is 10.9. The number of carboxylic acids is 1. The smallest absolute Gasteiger partial charge is 0.306 e. The Labute approximate surface area is 134 Å². The van der Waals surface area contributed by atoms with Gasteiger partial charge in [-0.15, -0.1) is 0 Å². The monoisotopic (exact) mass is 316 g/mol. The molecule has 1 aromatic rings. The number of amides is 2. The maximum Gasteiger partial charge on any atom is 0.306 e. The van der Waals surface area contributed by atoms with E-state index < -0.39 is 5.97 Å². The van der Waals surface area contributed by atoms with E-state index in [9.17, 15) is 14.4 Å². The van der Waals surface area contributed by atoms with Crippen LogP contribution in [0.25, 0.3) is 0 Å². The lowest BCUT2D eigenvalue weighted by atomic mass is 9.80. The summed E-state index contributed by atoms with van der Waals surface area (Å²) in [5.74, 6) is -0.768. The Morgan fingerprint density at radius 2 is 1.70 bits per heavy atom. The summed E-state index contributed by atoms with van der Waals surface area (Å²) in [5.41, 5.74) is 1.18. The van der Waals surface area contributed by atoms with Gasteiger partial charge in [0.05, 0.1) is 5.92 Å². The summed E-state index contributed by atoms with van der Waals surface area (Å²) in [6.45, 7) is 2.05. The van der Waals surface area contributed by atoms with Crippen LogP contribution in [0.3, 0.4) is 0 Å². The number of hydrogen-bond donors (Lipinski definition) is 3. The molecule has 0 saturated heterocycles. The van der Waals surface area contributed by atoms with Crippen LogP contribution in [0.5, 0.6) is 0 Å². The van der Waals surface area contributed by atoms with Gasteiger partial charge in [-0.05, 0) is 49.4 Å². The van der Waals surface area contributed by atoms with Crippen LogP contribution < -0.4 is 10.6 Å². The van der Waals surface area contributed by atoms with E-state index in [1.807, 2.05) is 6.92 Å². The fraction of sp³-hybridized carbons (Fsp3) is 0.471. The summed E-state index contributed by atoms with van der Waals surface area (Å²) in [7, 11) is 0. The van der Waals surface area contributed by atoms with Gasteiger partial charge in [-0.2, -0.15) is 0 Å². The second-order valence-electron chi connectivity index (χ2n) is 6.56. The van der Waals surface area contributed by atoms with Crippen LogP contribution in [0.2, 0.25) is 0 Å². The first kappa shape index (κ1) is 15.5. The van der Waals surface area contributed by atoms with Gasteiger partial charge in [-0.1, -0.05) is 6.92 Å². The number of aliphatic carboxylic acids is 1. The number of hydrogen-bond acceptors (Lipinski definition) is 3. The Balaban J connectivity index is 1.50. The van der Waals surface area contributed by atoms with E-state index >= 15 is 0 Å². The fourth-order valence-corrected chi connectivity index (χ4v) is 2.83. The summed E-state index contributed by atoms with van der Waals surface area (Å²) in [4.78, 5) is 34.7. The molecular formula is C17H20N2O4. The molecule has 6 heteroatoms. The molecular weight excluding hydrogens is 296 g/mol.